The van der Waals surface area contributed by atoms with Gasteiger partial charge in [0.1, 0.15) is 5.65 Å². The predicted molar refractivity (Wildman–Crippen MR) is 86.2 cm³/mol. The van der Waals surface area contributed by atoms with Gasteiger partial charge in [0.2, 0.25) is 10.0 Å². The molecule has 0 bridgehead atoms. The van der Waals surface area contributed by atoms with E-state index in [2.05, 4.69) is 32.0 Å². The van der Waals surface area contributed by atoms with E-state index in [9.17, 15) is 8.42 Å². The predicted octanol–water partition coefficient (Wildman–Crippen LogP) is 1.16. The van der Waals surface area contributed by atoms with Crippen molar-refractivity contribution in [2.24, 2.45) is 0 Å². The number of sulfonamides is 1. The normalized spacial score (nSPS) is 20.5. The molecule has 0 saturated carbocycles. The molecule has 22 heavy (non-hydrogen) atoms. The molecule has 2 aromatic rings. The van der Waals surface area contributed by atoms with Crippen LogP contribution in [0, 0.1) is 6.92 Å². The molecule has 1 saturated heterocycles. The van der Waals surface area contributed by atoms with Crippen molar-refractivity contribution < 1.29 is 8.42 Å². The van der Waals surface area contributed by atoms with Crippen LogP contribution in [0.2, 0.25) is 0 Å². The summed E-state index contributed by atoms with van der Waals surface area (Å²) in [4.78, 5) is 6.78. The summed E-state index contributed by atoms with van der Waals surface area (Å²) in [6.45, 7) is 4.57. The summed E-state index contributed by atoms with van der Waals surface area (Å²) < 4.78 is 27.6. The molecule has 1 aliphatic rings. The average Bonchev–Trinajstić information content (AvgIpc) is 2.82. The monoisotopic (exact) mass is 322 g/mol. The Morgan fingerprint density at radius 3 is 3.05 bits per heavy atom. The maximum atomic E-state index is 11.4. The van der Waals surface area contributed by atoms with Crippen molar-refractivity contribution in [2.45, 2.75) is 32.4 Å². The van der Waals surface area contributed by atoms with Gasteiger partial charge in [-0.2, -0.15) is 0 Å². The number of piperidine rings is 1. The highest BCUT2D eigenvalue weighted by atomic mass is 32.2. The lowest BCUT2D eigenvalue weighted by Crippen LogP contribution is -2.47. The summed E-state index contributed by atoms with van der Waals surface area (Å²) in [7, 11) is -3.14. The van der Waals surface area contributed by atoms with E-state index in [1.54, 1.807) is 0 Å². The van der Waals surface area contributed by atoms with Crippen molar-refractivity contribution >= 4 is 15.7 Å². The van der Waals surface area contributed by atoms with Gasteiger partial charge < -0.3 is 4.40 Å². The van der Waals surface area contributed by atoms with Crippen LogP contribution in [-0.4, -0.2) is 48.1 Å². The first kappa shape index (κ1) is 15.5. The number of aryl methyl sites for hydroxylation is 1. The quantitative estimate of drug-likeness (QED) is 0.917. The second kappa shape index (κ2) is 5.98. The van der Waals surface area contributed by atoms with Crippen molar-refractivity contribution in [3.8, 4) is 0 Å². The molecule has 0 amide bonds. The van der Waals surface area contributed by atoms with E-state index in [4.69, 9.17) is 0 Å². The molecule has 0 spiro atoms. The van der Waals surface area contributed by atoms with Crippen LogP contribution in [0.1, 0.15) is 24.1 Å². The fraction of sp³-hybridized carbons (Fsp3) is 0.533. The van der Waals surface area contributed by atoms with Crippen LogP contribution in [0.3, 0.4) is 0 Å². The Hall–Kier alpha value is -1.44. The van der Waals surface area contributed by atoms with Gasteiger partial charge in [0.05, 0.1) is 18.1 Å². The number of nitrogens with zero attached hydrogens (tertiary/aromatic N) is 3. The fourth-order valence-electron chi connectivity index (χ4n) is 3.15. The van der Waals surface area contributed by atoms with Gasteiger partial charge in [-0.3, -0.25) is 4.90 Å². The molecule has 1 N–H and O–H groups in total. The van der Waals surface area contributed by atoms with E-state index < -0.39 is 10.0 Å². The first-order chi connectivity index (χ1) is 10.4. The minimum absolute atomic E-state index is 0.00433. The van der Waals surface area contributed by atoms with Crippen molar-refractivity contribution in [3.63, 3.8) is 0 Å². The molecule has 3 rings (SSSR count). The molecule has 0 aromatic carbocycles. The highest BCUT2D eigenvalue weighted by Crippen LogP contribution is 2.16. The summed E-state index contributed by atoms with van der Waals surface area (Å²) >= 11 is 0. The van der Waals surface area contributed by atoms with Crippen molar-refractivity contribution in [1.29, 1.82) is 0 Å². The number of pyridine rings is 1. The zero-order valence-corrected chi connectivity index (χ0v) is 13.8. The zero-order chi connectivity index (χ0) is 15.7. The third kappa shape index (κ3) is 3.48. The van der Waals surface area contributed by atoms with Gasteiger partial charge >= 0.3 is 0 Å². The van der Waals surface area contributed by atoms with Crippen LogP contribution in [0.25, 0.3) is 5.65 Å². The van der Waals surface area contributed by atoms with Gasteiger partial charge in [-0.15, -0.1) is 0 Å². The van der Waals surface area contributed by atoms with Crippen molar-refractivity contribution in [3.05, 3.63) is 35.8 Å². The summed E-state index contributed by atoms with van der Waals surface area (Å²) in [6.07, 6.45) is 7.06. The fourth-order valence-corrected chi connectivity index (χ4v) is 3.94. The molecule has 7 heteroatoms. The molecule has 0 radical (unpaired) electrons. The standard InChI is InChI=1S/C15H22N4O2S/c1-12-5-3-8-19-14(9-16-15(12)19)11-18-7-4-6-13(10-18)17-22(2,20)21/h3,5,8-9,13,17H,4,6-7,10-11H2,1-2H3/t13-/m1/s1. The van der Waals surface area contributed by atoms with Crippen LogP contribution in [0.4, 0.5) is 0 Å². The van der Waals surface area contributed by atoms with E-state index in [-0.39, 0.29) is 6.04 Å². The summed E-state index contributed by atoms with van der Waals surface area (Å²) in [6, 6.07) is 4.08. The first-order valence-electron chi connectivity index (χ1n) is 7.53. The number of hydrogen-bond donors (Lipinski definition) is 1. The number of rotatable bonds is 4. The first-order valence-corrected chi connectivity index (χ1v) is 9.43. The summed E-state index contributed by atoms with van der Waals surface area (Å²) in [5, 5.41) is 0. The molecule has 0 unspecified atom stereocenters. The molecule has 1 aliphatic heterocycles. The maximum absolute atomic E-state index is 11.4. The van der Waals surface area contributed by atoms with E-state index in [0.29, 0.717) is 0 Å². The second-order valence-electron chi connectivity index (χ2n) is 6.10. The summed E-state index contributed by atoms with van der Waals surface area (Å²) in [5.74, 6) is 0. The SMILES string of the molecule is Cc1cccn2c(CN3CCC[C@@H](NS(C)(=O)=O)C3)cnc12. The number of likely N-dealkylation sites (tertiary alicyclic amines) is 1. The molecule has 1 fully saturated rings. The Kier molecular flexibility index (Phi) is 4.20. The third-order valence-electron chi connectivity index (χ3n) is 4.08. The van der Waals surface area contributed by atoms with Gasteiger partial charge in [-0.25, -0.2) is 18.1 Å². The van der Waals surface area contributed by atoms with E-state index >= 15 is 0 Å². The van der Waals surface area contributed by atoms with Gasteiger partial charge in [-0.05, 0) is 37.9 Å². The Labute approximate surface area is 131 Å². The average molecular weight is 322 g/mol. The maximum Gasteiger partial charge on any atom is 0.208 e. The van der Waals surface area contributed by atoms with Gasteiger partial charge in [-0.1, -0.05) is 6.07 Å². The topological polar surface area (TPSA) is 66.7 Å². The summed E-state index contributed by atoms with van der Waals surface area (Å²) in [5.41, 5.74) is 3.28. The number of hydrogen-bond acceptors (Lipinski definition) is 4. The van der Waals surface area contributed by atoms with Gasteiger partial charge in [0, 0.05) is 25.3 Å². The van der Waals surface area contributed by atoms with E-state index in [0.717, 1.165) is 49.4 Å². The third-order valence-corrected chi connectivity index (χ3v) is 4.84. The van der Waals surface area contributed by atoms with Crippen LogP contribution in [0.5, 0.6) is 0 Å². The Bertz CT molecular complexity index is 769. The van der Waals surface area contributed by atoms with E-state index in [1.165, 1.54) is 6.26 Å². The molecular weight excluding hydrogens is 300 g/mol. The zero-order valence-electron chi connectivity index (χ0n) is 13.0. The molecule has 0 aliphatic carbocycles. The van der Waals surface area contributed by atoms with Crippen LogP contribution in [-0.2, 0) is 16.6 Å². The molecular formula is C15H22N4O2S. The molecule has 1 atom stereocenters. The lowest BCUT2D eigenvalue weighted by Gasteiger charge is -2.32. The second-order valence-corrected chi connectivity index (χ2v) is 7.88. The van der Waals surface area contributed by atoms with E-state index in [1.807, 2.05) is 18.5 Å². The van der Waals surface area contributed by atoms with Gasteiger partial charge in [0.15, 0.2) is 0 Å². The molecule has 2 aromatic heterocycles. The Balaban J connectivity index is 1.73. The molecule has 120 valence electrons. The van der Waals surface area contributed by atoms with Crippen LogP contribution in [0.15, 0.2) is 24.5 Å². The minimum Gasteiger partial charge on any atom is -0.303 e. The molecule has 6 nitrogen and oxygen atoms in total. The number of imidazole rings is 1. The van der Waals surface area contributed by atoms with Crippen molar-refractivity contribution in [2.75, 3.05) is 19.3 Å². The lowest BCUT2D eigenvalue weighted by atomic mass is 10.1. The number of nitrogens with one attached hydrogen (secondary N) is 1. The van der Waals surface area contributed by atoms with Crippen LogP contribution >= 0.6 is 0 Å². The minimum atomic E-state index is -3.14. The van der Waals surface area contributed by atoms with Crippen molar-refractivity contribution in [1.82, 2.24) is 19.0 Å². The lowest BCUT2D eigenvalue weighted by molar-refractivity contribution is 0.192. The highest BCUT2D eigenvalue weighted by molar-refractivity contribution is 7.88. The Morgan fingerprint density at radius 1 is 1.45 bits per heavy atom. The largest absolute Gasteiger partial charge is 0.303 e. The smallest absolute Gasteiger partial charge is 0.208 e. The van der Waals surface area contributed by atoms with Crippen LogP contribution < -0.4 is 4.72 Å². The Morgan fingerprint density at radius 2 is 2.27 bits per heavy atom. The number of aromatic nitrogens is 2. The molecule has 3 heterocycles. The van der Waals surface area contributed by atoms with Gasteiger partial charge in [0.25, 0.3) is 0 Å². The number of fused-ring (bicyclic) bond motifs is 1. The highest BCUT2D eigenvalue weighted by Gasteiger charge is 2.23.